The highest BCUT2D eigenvalue weighted by Gasteiger charge is 2.17. The van der Waals surface area contributed by atoms with Crippen LogP contribution >= 0.6 is 0 Å². The first-order chi connectivity index (χ1) is 16.5. The van der Waals surface area contributed by atoms with Crippen molar-refractivity contribution in [2.75, 3.05) is 26.6 Å². The van der Waals surface area contributed by atoms with Crippen molar-refractivity contribution in [3.8, 4) is 34.7 Å². The molecule has 0 unspecified atom stereocenters. The quantitative estimate of drug-likeness (QED) is 0.419. The van der Waals surface area contributed by atoms with Crippen molar-refractivity contribution in [3.63, 3.8) is 0 Å². The fraction of sp³-hybridized carbons (Fsp3) is 0.167. The Labute approximate surface area is 196 Å². The molecule has 2 aromatic carbocycles. The first-order valence-electron chi connectivity index (χ1n) is 10.3. The molecule has 2 aromatic heterocycles. The Morgan fingerprint density at radius 3 is 2.12 bits per heavy atom. The third-order valence-electron chi connectivity index (χ3n) is 4.84. The fourth-order valence-electron chi connectivity index (χ4n) is 3.17. The summed E-state index contributed by atoms with van der Waals surface area (Å²) < 4.78 is 23.3. The second-order valence-corrected chi connectivity index (χ2v) is 7.13. The highest BCUT2D eigenvalue weighted by Crippen LogP contribution is 2.38. The van der Waals surface area contributed by atoms with Crippen molar-refractivity contribution in [2.24, 2.45) is 0 Å². The average molecular weight is 461 g/mol. The third-order valence-corrected chi connectivity index (χ3v) is 4.84. The minimum atomic E-state index is -0.330. The molecule has 2 heterocycles. The number of nitrogens with one attached hydrogen (secondary N) is 1. The number of hydrogen-bond donors (Lipinski definition) is 1. The summed E-state index contributed by atoms with van der Waals surface area (Å²) in [5.74, 6) is 2.34. The molecule has 1 amide bonds. The zero-order valence-corrected chi connectivity index (χ0v) is 19.1. The van der Waals surface area contributed by atoms with Crippen molar-refractivity contribution in [1.29, 1.82) is 0 Å². The van der Waals surface area contributed by atoms with E-state index in [0.29, 0.717) is 45.9 Å². The Kier molecular flexibility index (Phi) is 6.58. The lowest BCUT2D eigenvalue weighted by Crippen LogP contribution is -2.12. The van der Waals surface area contributed by atoms with Crippen LogP contribution in [-0.4, -0.2) is 47.2 Å². The van der Waals surface area contributed by atoms with Crippen LogP contribution in [0.1, 0.15) is 16.1 Å². The number of methoxy groups -OCH3 is 3. The summed E-state index contributed by atoms with van der Waals surface area (Å²) in [6.07, 6.45) is 1.81. The zero-order valence-electron chi connectivity index (χ0n) is 19.1. The Hall–Kier alpha value is -4.60. The van der Waals surface area contributed by atoms with Crippen LogP contribution < -0.4 is 24.3 Å². The van der Waals surface area contributed by atoms with E-state index in [1.165, 1.54) is 21.3 Å². The maximum absolute atomic E-state index is 12.8. The zero-order chi connectivity index (χ0) is 24.1. The Morgan fingerprint density at radius 2 is 1.59 bits per heavy atom. The minimum absolute atomic E-state index is 0.330. The van der Waals surface area contributed by atoms with Gasteiger partial charge in [-0.2, -0.15) is 5.10 Å². The van der Waals surface area contributed by atoms with E-state index in [1.807, 2.05) is 19.2 Å². The van der Waals surface area contributed by atoms with E-state index in [2.05, 4.69) is 20.6 Å². The Morgan fingerprint density at radius 1 is 0.882 bits per heavy atom. The topological polar surface area (TPSA) is 110 Å². The van der Waals surface area contributed by atoms with Gasteiger partial charge in [-0.05, 0) is 55.5 Å². The summed E-state index contributed by atoms with van der Waals surface area (Å²) >= 11 is 0. The van der Waals surface area contributed by atoms with E-state index in [0.717, 1.165) is 5.69 Å². The molecule has 174 valence electrons. The Bertz CT molecular complexity index is 1260. The number of carbonyl (C=O) groups excluding carboxylic acids is 1. The van der Waals surface area contributed by atoms with Crippen molar-refractivity contribution in [1.82, 2.24) is 20.0 Å². The second kappa shape index (κ2) is 9.90. The summed E-state index contributed by atoms with van der Waals surface area (Å²) in [5, 5.41) is 15.3. The van der Waals surface area contributed by atoms with Crippen LogP contribution in [0.2, 0.25) is 0 Å². The van der Waals surface area contributed by atoms with Crippen LogP contribution in [0.3, 0.4) is 0 Å². The lowest BCUT2D eigenvalue weighted by Gasteiger charge is -2.14. The van der Waals surface area contributed by atoms with Gasteiger partial charge in [0.05, 0.1) is 27.0 Å². The summed E-state index contributed by atoms with van der Waals surface area (Å²) in [5.41, 5.74) is 1.83. The standard InChI is InChI=1S/C24H23N5O5/c1-15-11-12-29(28-15)21-9-10-22(27-26-21)34-18-7-5-17(6-8-18)25-24(30)16-13-19(31-2)23(33-4)20(14-16)32-3/h5-14H,1-4H3,(H,25,30). The molecule has 0 saturated carbocycles. The first-order valence-corrected chi connectivity index (χ1v) is 10.3. The van der Waals surface area contributed by atoms with Gasteiger partial charge in [0.15, 0.2) is 17.3 Å². The Balaban J connectivity index is 1.42. The summed E-state index contributed by atoms with van der Waals surface area (Å²) in [6, 6.07) is 15.4. The van der Waals surface area contributed by atoms with Gasteiger partial charge in [0.1, 0.15) is 5.75 Å². The maximum atomic E-state index is 12.8. The van der Waals surface area contributed by atoms with E-state index < -0.39 is 0 Å². The van der Waals surface area contributed by atoms with Crippen molar-refractivity contribution in [3.05, 3.63) is 72.1 Å². The molecule has 0 saturated heterocycles. The number of carbonyl (C=O) groups is 1. The summed E-state index contributed by atoms with van der Waals surface area (Å²) in [6.45, 7) is 1.90. The molecule has 0 aliphatic heterocycles. The lowest BCUT2D eigenvalue weighted by atomic mass is 10.1. The predicted molar refractivity (Wildman–Crippen MR) is 124 cm³/mol. The molecule has 0 bridgehead atoms. The largest absolute Gasteiger partial charge is 0.493 e. The fourth-order valence-corrected chi connectivity index (χ4v) is 3.17. The van der Waals surface area contributed by atoms with Crippen LogP contribution in [0.5, 0.6) is 28.9 Å². The van der Waals surface area contributed by atoms with Crippen molar-refractivity contribution < 1.29 is 23.7 Å². The van der Waals surface area contributed by atoms with Gasteiger partial charge in [-0.15, -0.1) is 10.2 Å². The molecule has 34 heavy (non-hydrogen) atoms. The number of aromatic nitrogens is 4. The average Bonchev–Trinajstić information content (AvgIpc) is 3.30. The predicted octanol–water partition coefficient (Wildman–Crippen LogP) is 4.04. The van der Waals surface area contributed by atoms with Crippen LogP contribution in [0.25, 0.3) is 5.82 Å². The molecule has 0 aliphatic rings. The minimum Gasteiger partial charge on any atom is -0.493 e. The van der Waals surface area contributed by atoms with Crippen LogP contribution in [0.15, 0.2) is 60.8 Å². The first kappa shape index (κ1) is 22.6. The molecule has 4 rings (SSSR count). The van der Waals surface area contributed by atoms with Crippen LogP contribution in [0.4, 0.5) is 5.69 Å². The number of nitrogens with zero attached hydrogens (tertiary/aromatic N) is 4. The highest BCUT2D eigenvalue weighted by molar-refractivity contribution is 6.05. The van der Waals surface area contributed by atoms with Gasteiger partial charge >= 0.3 is 0 Å². The number of amides is 1. The number of rotatable bonds is 8. The van der Waals surface area contributed by atoms with Crippen LogP contribution in [0, 0.1) is 6.92 Å². The molecule has 0 fully saturated rings. The number of aryl methyl sites for hydroxylation is 1. The summed E-state index contributed by atoms with van der Waals surface area (Å²) in [4.78, 5) is 12.8. The monoisotopic (exact) mass is 461 g/mol. The van der Waals surface area contributed by atoms with Crippen molar-refractivity contribution >= 4 is 11.6 Å². The van der Waals surface area contributed by atoms with Gasteiger partial charge in [-0.25, -0.2) is 4.68 Å². The molecule has 0 atom stereocenters. The lowest BCUT2D eigenvalue weighted by molar-refractivity contribution is 0.102. The van der Waals surface area contributed by atoms with Crippen LogP contribution in [-0.2, 0) is 0 Å². The number of hydrogen-bond acceptors (Lipinski definition) is 8. The van der Waals surface area contributed by atoms with E-state index in [1.54, 1.807) is 53.2 Å². The summed E-state index contributed by atoms with van der Waals surface area (Å²) in [7, 11) is 4.49. The van der Waals surface area contributed by atoms with Gasteiger partial charge in [-0.1, -0.05) is 0 Å². The van der Waals surface area contributed by atoms with Gasteiger partial charge in [0, 0.05) is 23.5 Å². The molecule has 0 spiro atoms. The van der Waals surface area contributed by atoms with Crippen molar-refractivity contribution in [2.45, 2.75) is 6.92 Å². The molecule has 1 N–H and O–H groups in total. The van der Waals surface area contributed by atoms with Gasteiger partial charge in [-0.3, -0.25) is 4.79 Å². The second-order valence-electron chi connectivity index (χ2n) is 7.13. The molecule has 4 aromatic rings. The molecule has 0 radical (unpaired) electrons. The molecular formula is C24H23N5O5. The van der Waals surface area contributed by atoms with Gasteiger partial charge < -0.3 is 24.3 Å². The van der Waals surface area contributed by atoms with Gasteiger partial charge in [0.25, 0.3) is 5.91 Å². The third kappa shape index (κ3) is 4.90. The van der Waals surface area contributed by atoms with E-state index >= 15 is 0 Å². The normalized spacial score (nSPS) is 10.5. The maximum Gasteiger partial charge on any atom is 0.255 e. The van der Waals surface area contributed by atoms with E-state index in [4.69, 9.17) is 18.9 Å². The molecule has 10 nitrogen and oxygen atoms in total. The van der Waals surface area contributed by atoms with E-state index in [9.17, 15) is 4.79 Å². The smallest absolute Gasteiger partial charge is 0.255 e. The SMILES string of the molecule is COc1cc(C(=O)Nc2ccc(Oc3ccc(-n4ccc(C)n4)nn3)cc2)cc(OC)c1OC. The number of anilines is 1. The molecule has 10 heteroatoms. The molecule has 0 aliphatic carbocycles. The van der Waals surface area contributed by atoms with E-state index in [-0.39, 0.29) is 5.91 Å². The highest BCUT2D eigenvalue weighted by atomic mass is 16.5. The number of benzene rings is 2. The number of ether oxygens (including phenoxy) is 4. The molecular weight excluding hydrogens is 438 g/mol. The van der Waals surface area contributed by atoms with Gasteiger partial charge in [0.2, 0.25) is 11.6 Å².